The van der Waals surface area contributed by atoms with E-state index in [2.05, 4.69) is 27.5 Å². The number of fused-ring (bicyclic) bond motifs is 4. The summed E-state index contributed by atoms with van der Waals surface area (Å²) in [5.41, 5.74) is 7.39. The van der Waals surface area contributed by atoms with Crippen LogP contribution in [0.2, 0.25) is 0 Å². The van der Waals surface area contributed by atoms with Crippen molar-refractivity contribution in [2.24, 2.45) is 15.1 Å². The molecule has 1 fully saturated rings. The van der Waals surface area contributed by atoms with Gasteiger partial charge in [0, 0.05) is 36.9 Å². The summed E-state index contributed by atoms with van der Waals surface area (Å²) in [6, 6.07) is 13.9. The fourth-order valence-corrected chi connectivity index (χ4v) is 8.36. The average Bonchev–Trinajstić information content (AvgIpc) is 3.69. The molecule has 0 spiro atoms. The third-order valence-corrected chi connectivity index (χ3v) is 11.5. The Morgan fingerprint density at radius 3 is 2.34 bits per heavy atom. The fraction of sp³-hybridized carbons (Fsp3) is 0.429. The van der Waals surface area contributed by atoms with Crippen LogP contribution in [-0.4, -0.2) is 72.2 Å². The van der Waals surface area contributed by atoms with Gasteiger partial charge in [-0.1, -0.05) is 49.6 Å². The molecular formula is C42H50F2N6O6S2. The van der Waals surface area contributed by atoms with Crippen LogP contribution in [0.3, 0.4) is 0 Å². The van der Waals surface area contributed by atoms with Crippen molar-refractivity contribution in [1.82, 2.24) is 9.21 Å². The molecule has 2 aliphatic heterocycles. The molecule has 3 aromatic rings. The summed E-state index contributed by atoms with van der Waals surface area (Å²) in [5, 5.41) is 3.12. The first kappa shape index (κ1) is 42.6. The summed E-state index contributed by atoms with van der Waals surface area (Å²) in [7, 11) is -3.99. The molecule has 1 saturated heterocycles. The number of hydrogen-bond donors (Lipinski definition) is 3. The number of amidine groups is 1. The maximum atomic E-state index is 16.2. The highest BCUT2D eigenvalue weighted by molar-refractivity contribution is 7.90. The molecule has 3 aliphatic rings. The Morgan fingerprint density at radius 2 is 1.64 bits per heavy atom. The van der Waals surface area contributed by atoms with Crippen LogP contribution < -0.4 is 11.1 Å². The van der Waals surface area contributed by atoms with Crippen LogP contribution in [0.5, 0.6) is 0 Å². The van der Waals surface area contributed by atoms with Gasteiger partial charge >= 0.3 is 12.2 Å². The van der Waals surface area contributed by atoms with Gasteiger partial charge in [-0.15, -0.1) is 4.40 Å². The smallest absolute Gasteiger partial charge is 0.420 e. The number of likely N-dealkylation sites (tertiary alicyclic amines) is 1. The van der Waals surface area contributed by atoms with Crippen molar-refractivity contribution in [2.75, 3.05) is 18.4 Å². The van der Waals surface area contributed by atoms with E-state index in [4.69, 9.17) is 15.2 Å². The number of carbonyl (C=O) groups is 2. The van der Waals surface area contributed by atoms with Crippen molar-refractivity contribution < 1.29 is 36.3 Å². The second kappa shape index (κ2) is 16.4. The number of anilines is 1. The summed E-state index contributed by atoms with van der Waals surface area (Å²) in [5.74, 6) is -3.07. The summed E-state index contributed by atoms with van der Waals surface area (Å²) in [4.78, 5) is 30.7. The molecule has 0 unspecified atom stereocenters. The quantitative estimate of drug-likeness (QED) is 0.104. The molecule has 2 amide bonds. The third kappa shape index (κ3) is 9.66. The van der Waals surface area contributed by atoms with Crippen molar-refractivity contribution in [3.63, 3.8) is 0 Å². The summed E-state index contributed by atoms with van der Waals surface area (Å²) < 4.78 is 74.7. The zero-order valence-corrected chi connectivity index (χ0v) is 35.2. The minimum atomic E-state index is -3.99. The average molecular weight is 837 g/mol. The normalized spacial score (nSPS) is 18.2. The number of nitrogens with zero attached hydrogens (tertiary/aromatic N) is 4. The number of unbranched alkanes of at least 4 members (excludes halogenated alkanes) is 2. The first-order chi connectivity index (χ1) is 27.1. The van der Waals surface area contributed by atoms with Crippen LogP contribution in [0.15, 0.2) is 75.1 Å². The molecule has 58 heavy (non-hydrogen) atoms. The SMILES string of the molecule is CC(C)(C)OC(=O)N(S)CCCCCC1=NS(=O)(=O)c2ccc(-c3ccc4c(c3)C(F)(F)c3cc(/C(N)=C/N=C[C@@H]5CCCN5C(=O)OC(C)(C)C)ccc3-4)cc2N1. The number of aliphatic imine (C=N–C) groups is 1. The van der Waals surface area contributed by atoms with E-state index in [1.807, 2.05) is 0 Å². The van der Waals surface area contributed by atoms with Crippen LogP contribution in [0.1, 0.15) is 96.8 Å². The molecule has 16 heteroatoms. The van der Waals surface area contributed by atoms with E-state index < -0.39 is 39.3 Å². The van der Waals surface area contributed by atoms with Crippen molar-refractivity contribution in [1.29, 1.82) is 0 Å². The number of halogens is 2. The topological polar surface area (TPSA) is 156 Å². The number of alkyl halides is 2. The van der Waals surface area contributed by atoms with Crippen molar-refractivity contribution in [2.45, 2.75) is 108 Å². The van der Waals surface area contributed by atoms with Gasteiger partial charge in [0.15, 0.2) is 0 Å². The summed E-state index contributed by atoms with van der Waals surface area (Å²) in [6.07, 6.45) is 5.82. The predicted molar refractivity (Wildman–Crippen MR) is 226 cm³/mol. The van der Waals surface area contributed by atoms with Crippen LogP contribution in [0.25, 0.3) is 28.0 Å². The van der Waals surface area contributed by atoms with E-state index in [1.54, 1.807) is 89.1 Å². The second-order valence-corrected chi connectivity index (χ2v) is 18.7. The predicted octanol–water partition coefficient (Wildman–Crippen LogP) is 9.36. The first-order valence-corrected chi connectivity index (χ1v) is 21.1. The highest BCUT2D eigenvalue weighted by atomic mass is 32.2. The zero-order valence-electron chi connectivity index (χ0n) is 33.5. The minimum Gasteiger partial charge on any atom is -0.444 e. The lowest BCUT2D eigenvalue weighted by atomic mass is 9.98. The Morgan fingerprint density at radius 1 is 0.983 bits per heavy atom. The molecule has 0 bridgehead atoms. The number of ether oxygens (including phenoxy) is 2. The van der Waals surface area contributed by atoms with Crippen molar-refractivity contribution in [3.05, 3.63) is 77.5 Å². The highest BCUT2D eigenvalue weighted by Crippen LogP contribution is 2.52. The molecule has 3 N–H and O–H groups in total. The minimum absolute atomic E-state index is 0.00640. The third-order valence-electron chi connectivity index (χ3n) is 9.73. The van der Waals surface area contributed by atoms with Gasteiger partial charge < -0.3 is 25.4 Å². The van der Waals surface area contributed by atoms with E-state index >= 15 is 8.78 Å². The van der Waals surface area contributed by atoms with Gasteiger partial charge in [-0.05, 0) is 119 Å². The monoisotopic (exact) mass is 836 g/mol. The van der Waals surface area contributed by atoms with Crippen molar-refractivity contribution in [3.8, 4) is 22.3 Å². The Kier molecular flexibility index (Phi) is 12.0. The number of benzene rings is 3. The zero-order chi connectivity index (χ0) is 42.2. The largest absolute Gasteiger partial charge is 0.444 e. The van der Waals surface area contributed by atoms with Gasteiger partial charge in [0.2, 0.25) is 0 Å². The van der Waals surface area contributed by atoms with Crippen LogP contribution in [0.4, 0.5) is 24.1 Å². The lowest BCUT2D eigenvalue weighted by Crippen LogP contribution is -2.40. The first-order valence-electron chi connectivity index (χ1n) is 19.2. The van der Waals surface area contributed by atoms with Gasteiger partial charge in [-0.25, -0.2) is 9.59 Å². The molecule has 0 aromatic heterocycles. The molecule has 12 nitrogen and oxygen atoms in total. The Bertz CT molecular complexity index is 2300. The number of nitrogens with two attached hydrogens (primary N) is 1. The van der Waals surface area contributed by atoms with Crippen LogP contribution in [-0.2, 0) is 25.4 Å². The lowest BCUT2D eigenvalue weighted by Gasteiger charge is -2.26. The van der Waals surface area contributed by atoms with Gasteiger partial charge in [0.1, 0.15) is 21.9 Å². The van der Waals surface area contributed by atoms with E-state index in [1.165, 1.54) is 28.7 Å². The number of sulfonamides is 1. The number of hydrogen-bond acceptors (Lipinski definition) is 10. The van der Waals surface area contributed by atoms with E-state index in [9.17, 15) is 18.0 Å². The number of nitrogens with one attached hydrogen (secondary N) is 1. The molecule has 3 aromatic carbocycles. The van der Waals surface area contributed by atoms with Crippen molar-refractivity contribution >= 4 is 58.5 Å². The number of carbonyl (C=O) groups excluding carboxylic acids is 2. The van der Waals surface area contributed by atoms with E-state index in [-0.39, 0.29) is 33.6 Å². The van der Waals surface area contributed by atoms with Gasteiger partial charge in [-0.3, -0.25) is 9.30 Å². The van der Waals surface area contributed by atoms with E-state index in [0.717, 1.165) is 12.8 Å². The maximum absolute atomic E-state index is 16.2. The Hall–Kier alpha value is -4.96. The number of rotatable bonds is 10. The molecule has 6 rings (SSSR count). The Balaban J connectivity index is 1.12. The number of amides is 2. The molecule has 310 valence electrons. The summed E-state index contributed by atoms with van der Waals surface area (Å²) >= 11 is 4.21. The van der Waals surface area contributed by atoms with E-state index in [0.29, 0.717) is 72.3 Å². The summed E-state index contributed by atoms with van der Waals surface area (Å²) in [6.45, 7) is 11.6. The molecule has 1 aliphatic carbocycles. The van der Waals surface area contributed by atoms with Crippen LogP contribution >= 0.6 is 12.8 Å². The van der Waals surface area contributed by atoms with Gasteiger partial charge in [-0.2, -0.15) is 17.2 Å². The standard InChI is InChI=1S/C42H50F2N6O6S2/c1-40(2,3)55-38(51)49-19-10-11-29(49)24-46-25-34(45)28-14-17-31-30-16-13-26(21-32(30)42(43,44)33(31)22-28)27-15-18-36-35(23-27)47-37(48-58(36,53)54)12-8-7-9-20-50(57)39(52)56-41(4,5)6/h13-18,21-25,29,57H,7-12,19-20,45H2,1-6H3,(H,47,48)/b34-25-,46-24?/t29-/m0/s1. The van der Waals surface area contributed by atoms with Crippen LogP contribution in [0, 0.1) is 0 Å². The Labute approximate surface area is 344 Å². The maximum Gasteiger partial charge on any atom is 0.420 e. The second-order valence-electron chi connectivity index (χ2n) is 16.6. The fourth-order valence-electron chi connectivity index (χ4n) is 7.02. The lowest BCUT2D eigenvalue weighted by molar-refractivity contribution is 0.0267. The molecule has 0 saturated carbocycles. The molecule has 0 radical (unpaired) electrons. The number of thiol groups is 1. The van der Waals surface area contributed by atoms with Gasteiger partial charge in [0.05, 0.1) is 23.6 Å². The molecule has 2 heterocycles. The highest BCUT2D eigenvalue weighted by Gasteiger charge is 2.45. The van der Waals surface area contributed by atoms with Gasteiger partial charge in [0.25, 0.3) is 15.9 Å². The molecule has 1 atom stereocenters. The molecular weight excluding hydrogens is 787 g/mol.